The van der Waals surface area contributed by atoms with Crippen LogP contribution in [0, 0.1) is 5.92 Å². The van der Waals surface area contributed by atoms with Crippen LogP contribution in [0.3, 0.4) is 0 Å². The number of ether oxygens (including phenoxy) is 3. The fraction of sp³-hybridized carbons (Fsp3) is 0.632. The number of hydrogen-bond donors (Lipinski definition) is 1. The van der Waals surface area contributed by atoms with Gasteiger partial charge in [0.2, 0.25) is 12.7 Å². The molecule has 1 atom stereocenters. The van der Waals surface area contributed by atoms with Crippen molar-refractivity contribution in [3.63, 3.8) is 0 Å². The van der Waals surface area contributed by atoms with E-state index in [-0.39, 0.29) is 37.8 Å². The second kappa shape index (κ2) is 9.44. The quantitative estimate of drug-likeness (QED) is 0.816. The lowest BCUT2D eigenvalue weighted by Crippen LogP contribution is -2.50. The number of halogens is 1. The van der Waals surface area contributed by atoms with Gasteiger partial charge in [0.05, 0.1) is 6.61 Å². The molecule has 1 heterocycles. The molecule has 0 aromatic heterocycles. The summed E-state index contributed by atoms with van der Waals surface area (Å²) in [6.07, 6.45) is 4.35. The Morgan fingerprint density at radius 3 is 2.65 bits per heavy atom. The summed E-state index contributed by atoms with van der Waals surface area (Å²) in [6.45, 7) is 3.29. The molecule has 0 saturated heterocycles. The molecule has 1 aliphatic carbocycles. The molecule has 146 valence electrons. The molecule has 1 amide bonds. The number of nitrogens with two attached hydrogens (primary N) is 1. The molecular formula is C19H29ClN2O4. The first-order valence-electron chi connectivity index (χ1n) is 9.02. The summed E-state index contributed by atoms with van der Waals surface area (Å²) in [4.78, 5) is 14.9. The van der Waals surface area contributed by atoms with Crippen LogP contribution in [0.5, 0.6) is 11.5 Å². The Kier molecular flexibility index (Phi) is 7.55. The van der Waals surface area contributed by atoms with Gasteiger partial charge in [-0.3, -0.25) is 4.79 Å². The summed E-state index contributed by atoms with van der Waals surface area (Å²) >= 11 is 0. The van der Waals surface area contributed by atoms with E-state index in [2.05, 4.69) is 6.92 Å². The Hall–Kier alpha value is -1.50. The first-order valence-corrected chi connectivity index (χ1v) is 9.02. The van der Waals surface area contributed by atoms with E-state index in [1.54, 1.807) is 7.11 Å². The third kappa shape index (κ3) is 4.81. The average molecular weight is 385 g/mol. The number of rotatable bonds is 6. The third-order valence-electron chi connectivity index (χ3n) is 5.16. The number of hydrogen-bond acceptors (Lipinski definition) is 5. The van der Waals surface area contributed by atoms with Crippen LogP contribution >= 0.6 is 12.4 Å². The number of nitrogens with zero attached hydrogens (tertiary/aromatic N) is 1. The molecule has 1 saturated carbocycles. The van der Waals surface area contributed by atoms with Crippen LogP contribution in [0.1, 0.15) is 38.2 Å². The SMILES string of the molecule is COCC(N)C(=O)N(Cc1ccc2c(c1)OCO2)C1CCC(C)CC1.Cl. The Morgan fingerprint density at radius 1 is 1.27 bits per heavy atom. The Balaban J connectivity index is 0.00000243. The van der Waals surface area contributed by atoms with E-state index in [1.807, 2.05) is 23.1 Å². The van der Waals surface area contributed by atoms with Gasteiger partial charge in [-0.1, -0.05) is 13.0 Å². The summed E-state index contributed by atoms with van der Waals surface area (Å²) in [7, 11) is 1.57. The van der Waals surface area contributed by atoms with Crippen LogP contribution in [-0.4, -0.2) is 43.4 Å². The molecule has 2 aliphatic rings. The van der Waals surface area contributed by atoms with Crippen molar-refractivity contribution in [2.45, 2.75) is 51.2 Å². The predicted molar refractivity (Wildman–Crippen MR) is 102 cm³/mol. The third-order valence-corrected chi connectivity index (χ3v) is 5.16. The molecule has 0 spiro atoms. The number of amides is 1. The Labute approximate surface area is 161 Å². The first-order chi connectivity index (χ1) is 12.1. The monoisotopic (exact) mass is 384 g/mol. The van der Waals surface area contributed by atoms with E-state index < -0.39 is 6.04 Å². The van der Waals surface area contributed by atoms with Gasteiger partial charge in [-0.15, -0.1) is 12.4 Å². The molecule has 1 aliphatic heterocycles. The highest BCUT2D eigenvalue weighted by atomic mass is 35.5. The predicted octanol–water partition coefficient (Wildman–Crippen LogP) is 2.72. The zero-order valence-corrected chi connectivity index (χ0v) is 16.3. The van der Waals surface area contributed by atoms with E-state index in [0.29, 0.717) is 6.54 Å². The van der Waals surface area contributed by atoms with Crippen molar-refractivity contribution in [3.05, 3.63) is 23.8 Å². The molecule has 0 radical (unpaired) electrons. The molecule has 1 aromatic rings. The van der Waals surface area contributed by atoms with E-state index in [9.17, 15) is 4.79 Å². The van der Waals surface area contributed by atoms with Gasteiger partial charge in [0, 0.05) is 19.7 Å². The molecule has 1 aromatic carbocycles. The van der Waals surface area contributed by atoms with E-state index >= 15 is 0 Å². The van der Waals surface area contributed by atoms with Crippen molar-refractivity contribution < 1.29 is 19.0 Å². The minimum atomic E-state index is -0.627. The molecule has 26 heavy (non-hydrogen) atoms. The number of methoxy groups -OCH3 is 1. The summed E-state index contributed by atoms with van der Waals surface area (Å²) in [6, 6.07) is 5.45. The second-order valence-electron chi connectivity index (χ2n) is 7.13. The summed E-state index contributed by atoms with van der Waals surface area (Å²) < 4.78 is 15.9. The molecule has 7 heteroatoms. The highest BCUT2D eigenvalue weighted by Gasteiger charge is 2.30. The molecule has 2 N–H and O–H groups in total. The van der Waals surface area contributed by atoms with Gasteiger partial charge in [0.1, 0.15) is 6.04 Å². The van der Waals surface area contributed by atoms with Crippen molar-refractivity contribution >= 4 is 18.3 Å². The fourth-order valence-corrected chi connectivity index (χ4v) is 3.64. The standard InChI is InChI=1S/C19H28N2O4.ClH/c1-13-3-6-15(7-4-13)21(19(22)16(20)11-23-2)10-14-5-8-17-18(9-14)25-12-24-17;/h5,8-9,13,15-16H,3-4,6-7,10-12,20H2,1-2H3;1H. The Bertz CT molecular complexity index is 605. The lowest BCUT2D eigenvalue weighted by molar-refractivity contribution is -0.137. The van der Waals surface area contributed by atoms with Crippen molar-refractivity contribution in [1.29, 1.82) is 0 Å². The zero-order chi connectivity index (χ0) is 17.8. The van der Waals surface area contributed by atoms with Crippen molar-refractivity contribution in [2.24, 2.45) is 11.7 Å². The normalized spacial score (nSPS) is 22.4. The maximum atomic E-state index is 12.9. The second-order valence-corrected chi connectivity index (χ2v) is 7.13. The van der Waals surface area contributed by atoms with Gasteiger partial charge in [-0.05, 0) is 49.3 Å². The highest BCUT2D eigenvalue weighted by molar-refractivity contribution is 5.85. The van der Waals surface area contributed by atoms with Crippen LogP contribution in [0.25, 0.3) is 0 Å². The number of carbonyl (C=O) groups excluding carboxylic acids is 1. The first kappa shape index (κ1) is 20.8. The van der Waals surface area contributed by atoms with Crippen molar-refractivity contribution in [3.8, 4) is 11.5 Å². The molecule has 3 rings (SSSR count). The smallest absolute Gasteiger partial charge is 0.242 e. The van der Waals surface area contributed by atoms with Gasteiger partial charge in [0.25, 0.3) is 0 Å². The van der Waals surface area contributed by atoms with Gasteiger partial charge in [0.15, 0.2) is 11.5 Å². The van der Waals surface area contributed by atoms with Crippen molar-refractivity contribution in [1.82, 2.24) is 4.90 Å². The molecular weight excluding hydrogens is 356 g/mol. The minimum absolute atomic E-state index is 0. The lowest BCUT2D eigenvalue weighted by Gasteiger charge is -2.37. The average Bonchev–Trinajstić information content (AvgIpc) is 3.08. The molecule has 1 unspecified atom stereocenters. The van der Waals surface area contributed by atoms with Crippen LogP contribution in [0.2, 0.25) is 0 Å². The maximum absolute atomic E-state index is 12.9. The zero-order valence-electron chi connectivity index (χ0n) is 15.5. The largest absolute Gasteiger partial charge is 0.454 e. The van der Waals surface area contributed by atoms with Crippen LogP contribution in [-0.2, 0) is 16.1 Å². The van der Waals surface area contributed by atoms with E-state index in [4.69, 9.17) is 19.9 Å². The number of fused-ring (bicyclic) bond motifs is 1. The molecule has 6 nitrogen and oxygen atoms in total. The van der Waals surface area contributed by atoms with Crippen LogP contribution < -0.4 is 15.2 Å². The molecule has 0 bridgehead atoms. The number of benzene rings is 1. The Morgan fingerprint density at radius 2 is 1.96 bits per heavy atom. The summed E-state index contributed by atoms with van der Waals surface area (Å²) in [5.41, 5.74) is 7.07. The molecule has 1 fully saturated rings. The van der Waals surface area contributed by atoms with E-state index in [0.717, 1.165) is 48.7 Å². The summed E-state index contributed by atoms with van der Waals surface area (Å²) in [5.74, 6) is 2.18. The van der Waals surface area contributed by atoms with Gasteiger partial charge in [-0.2, -0.15) is 0 Å². The topological polar surface area (TPSA) is 74.0 Å². The highest BCUT2D eigenvalue weighted by Crippen LogP contribution is 2.34. The van der Waals surface area contributed by atoms with E-state index in [1.165, 1.54) is 0 Å². The van der Waals surface area contributed by atoms with Gasteiger partial charge < -0.3 is 24.8 Å². The van der Waals surface area contributed by atoms with Gasteiger partial charge in [-0.25, -0.2) is 0 Å². The van der Waals surface area contributed by atoms with Gasteiger partial charge >= 0.3 is 0 Å². The minimum Gasteiger partial charge on any atom is -0.454 e. The maximum Gasteiger partial charge on any atom is 0.242 e. The summed E-state index contributed by atoms with van der Waals surface area (Å²) in [5, 5.41) is 0. The fourth-order valence-electron chi connectivity index (χ4n) is 3.64. The van der Waals surface area contributed by atoms with Crippen molar-refractivity contribution in [2.75, 3.05) is 20.5 Å². The van der Waals surface area contributed by atoms with Crippen LogP contribution in [0.4, 0.5) is 0 Å². The number of carbonyl (C=O) groups is 1. The lowest BCUT2D eigenvalue weighted by atomic mass is 9.86. The van der Waals surface area contributed by atoms with Crippen LogP contribution in [0.15, 0.2) is 18.2 Å².